The molecule has 9 heteroatoms. The summed E-state index contributed by atoms with van der Waals surface area (Å²) >= 11 is 0. The number of hydrogen-bond donors (Lipinski definition) is 2. The fraction of sp³-hybridized carbons (Fsp3) is 0.524. The third-order valence-corrected chi connectivity index (χ3v) is 4.94. The van der Waals surface area contributed by atoms with E-state index in [-0.39, 0.29) is 18.5 Å². The van der Waals surface area contributed by atoms with Crippen LogP contribution in [0.3, 0.4) is 0 Å². The van der Waals surface area contributed by atoms with Crippen molar-refractivity contribution in [3.8, 4) is 0 Å². The normalized spacial score (nSPS) is 16.1. The summed E-state index contributed by atoms with van der Waals surface area (Å²) in [7, 11) is 5.11. The lowest BCUT2D eigenvalue weighted by Gasteiger charge is -2.25. The Morgan fingerprint density at radius 1 is 1.33 bits per heavy atom. The number of ether oxygens (including phenoxy) is 1. The van der Waals surface area contributed by atoms with Crippen LogP contribution in [0.4, 0.5) is 0 Å². The topological polar surface area (TPSA) is 96.7 Å². The number of fused-ring (bicyclic) bond motifs is 1. The van der Waals surface area contributed by atoms with Crippen molar-refractivity contribution in [1.82, 2.24) is 30.3 Å². The molecule has 0 fully saturated rings. The largest absolute Gasteiger partial charge is 0.377 e. The van der Waals surface area contributed by atoms with Crippen molar-refractivity contribution < 1.29 is 9.53 Å². The second-order valence-electron chi connectivity index (χ2n) is 7.55. The first-order valence-corrected chi connectivity index (χ1v) is 10.3. The quantitative estimate of drug-likeness (QED) is 0.486. The van der Waals surface area contributed by atoms with E-state index in [0.717, 1.165) is 31.6 Å². The van der Waals surface area contributed by atoms with Crippen LogP contribution in [0.5, 0.6) is 0 Å². The van der Waals surface area contributed by atoms with Gasteiger partial charge in [-0.1, -0.05) is 30.3 Å². The number of nitrogens with one attached hydrogen (secondary N) is 2. The van der Waals surface area contributed by atoms with Crippen LogP contribution in [-0.2, 0) is 35.5 Å². The van der Waals surface area contributed by atoms with E-state index in [0.29, 0.717) is 24.9 Å². The number of aromatic nitrogens is 3. The van der Waals surface area contributed by atoms with Gasteiger partial charge in [-0.05, 0) is 18.4 Å². The summed E-state index contributed by atoms with van der Waals surface area (Å²) in [6, 6.07) is 10.4. The highest BCUT2D eigenvalue weighted by molar-refractivity contribution is 5.84. The van der Waals surface area contributed by atoms with Gasteiger partial charge < -0.3 is 20.3 Å². The fourth-order valence-corrected chi connectivity index (χ4v) is 3.27. The van der Waals surface area contributed by atoms with Crippen LogP contribution >= 0.6 is 0 Å². The van der Waals surface area contributed by atoms with E-state index >= 15 is 0 Å². The summed E-state index contributed by atoms with van der Waals surface area (Å²) in [6.07, 6.45) is 2.63. The number of hydrogen-bond acceptors (Lipinski definition) is 5. The molecule has 162 valence electrons. The standard InChI is InChI=1S/C21H31N7O2/c1-27(2)20(29)13-23-21(22-12-11-16-7-5-4-6-8-16)24-17-9-10-19-25-18(15-30-3)26-28(19)14-17/h4-8,17H,9-15H2,1-3H3,(H2,22,23,24). The number of aryl methyl sites for hydroxylation is 1. The summed E-state index contributed by atoms with van der Waals surface area (Å²) in [6.45, 7) is 1.95. The Morgan fingerprint density at radius 2 is 2.13 bits per heavy atom. The number of nitrogens with zero attached hydrogens (tertiary/aromatic N) is 5. The molecule has 1 aliphatic rings. The Kier molecular flexibility index (Phi) is 7.78. The summed E-state index contributed by atoms with van der Waals surface area (Å²) in [5.41, 5.74) is 1.25. The van der Waals surface area contributed by atoms with Crippen LogP contribution in [0.25, 0.3) is 0 Å². The number of likely N-dealkylation sites (N-methyl/N-ethyl adjacent to an activating group) is 1. The zero-order valence-electron chi connectivity index (χ0n) is 18.0. The first-order chi connectivity index (χ1) is 14.5. The lowest BCUT2D eigenvalue weighted by atomic mass is 10.1. The smallest absolute Gasteiger partial charge is 0.243 e. The van der Waals surface area contributed by atoms with E-state index in [1.807, 2.05) is 22.9 Å². The molecule has 1 aromatic carbocycles. The molecular formula is C21H31N7O2. The van der Waals surface area contributed by atoms with E-state index in [9.17, 15) is 4.79 Å². The molecular weight excluding hydrogens is 382 g/mol. The summed E-state index contributed by atoms with van der Waals surface area (Å²) < 4.78 is 7.07. The first-order valence-electron chi connectivity index (χ1n) is 10.3. The van der Waals surface area contributed by atoms with Crippen molar-refractivity contribution in [2.24, 2.45) is 4.99 Å². The number of carbonyl (C=O) groups excluding carboxylic acids is 1. The highest BCUT2D eigenvalue weighted by atomic mass is 16.5. The number of amides is 1. The summed E-state index contributed by atoms with van der Waals surface area (Å²) in [5.74, 6) is 2.30. The van der Waals surface area contributed by atoms with Crippen molar-refractivity contribution in [3.05, 3.63) is 47.5 Å². The molecule has 2 heterocycles. The molecule has 3 rings (SSSR count). The van der Waals surface area contributed by atoms with Gasteiger partial charge in [-0.2, -0.15) is 5.10 Å². The average molecular weight is 414 g/mol. The predicted octanol–water partition coefficient (Wildman–Crippen LogP) is 0.605. The van der Waals surface area contributed by atoms with Crippen LogP contribution in [0.2, 0.25) is 0 Å². The number of guanidine groups is 1. The molecule has 1 unspecified atom stereocenters. The van der Waals surface area contributed by atoms with Crippen molar-refractivity contribution in [2.45, 2.75) is 38.5 Å². The Balaban J connectivity index is 1.60. The van der Waals surface area contributed by atoms with Gasteiger partial charge >= 0.3 is 0 Å². The molecule has 0 spiro atoms. The lowest BCUT2D eigenvalue weighted by molar-refractivity contribution is -0.127. The van der Waals surface area contributed by atoms with Crippen molar-refractivity contribution in [3.63, 3.8) is 0 Å². The minimum absolute atomic E-state index is 0.0365. The van der Waals surface area contributed by atoms with Gasteiger partial charge in [-0.3, -0.25) is 4.79 Å². The fourth-order valence-electron chi connectivity index (χ4n) is 3.27. The van der Waals surface area contributed by atoms with E-state index in [1.54, 1.807) is 26.1 Å². The Bertz CT molecular complexity index is 848. The Morgan fingerprint density at radius 3 is 2.87 bits per heavy atom. The van der Waals surface area contributed by atoms with Crippen molar-refractivity contribution >= 4 is 11.9 Å². The number of methoxy groups -OCH3 is 1. The van der Waals surface area contributed by atoms with E-state index in [1.165, 1.54) is 5.56 Å². The van der Waals surface area contributed by atoms with Gasteiger partial charge in [0, 0.05) is 40.2 Å². The van der Waals surface area contributed by atoms with E-state index in [2.05, 4.69) is 37.8 Å². The molecule has 1 aromatic heterocycles. The summed E-state index contributed by atoms with van der Waals surface area (Å²) in [4.78, 5) is 22.6. The van der Waals surface area contributed by atoms with Gasteiger partial charge in [-0.25, -0.2) is 14.7 Å². The molecule has 0 bridgehead atoms. The second-order valence-corrected chi connectivity index (χ2v) is 7.55. The van der Waals surface area contributed by atoms with Crippen LogP contribution in [0, 0.1) is 0 Å². The van der Waals surface area contributed by atoms with Gasteiger partial charge in [0.2, 0.25) is 5.91 Å². The molecule has 30 heavy (non-hydrogen) atoms. The predicted molar refractivity (Wildman–Crippen MR) is 115 cm³/mol. The second kappa shape index (κ2) is 10.7. The van der Waals surface area contributed by atoms with Gasteiger partial charge in [-0.15, -0.1) is 0 Å². The van der Waals surface area contributed by atoms with E-state index < -0.39 is 0 Å². The number of carbonyl (C=O) groups is 1. The SMILES string of the molecule is COCc1nc2n(n1)CC(NC(=NCC(=O)N(C)C)NCCc1ccccc1)CC2. The van der Waals surface area contributed by atoms with Crippen molar-refractivity contribution in [2.75, 3.05) is 34.3 Å². The van der Waals surface area contributed by atoms with Gasteiger partial charge in [0.15, 0.2) is 11.8 Å². The number of aliphatic imine (C=N–C) groups is 1. The molecule has 0 saturated carbocycles. The molecule has 9 nitrogen and oxygen atoms in total. The molecule has 2 aromatic rings. The zero-order valence-corrected chi connectivity index (χ0v) is 18.0. The zero-order chi connectivity index (χ0) is 21.3. The number of rotatable bonds is 8. The maximum atomic E-state index is 12.0. The minimum atomic E-state index is -0.0365. The lowest BCUT2D eigenvalue weighted by Crippen LogP contribution is -2.48. The molecule has 0 aliphatic carbocycles. The monoisotopic (exact) mass is 413 g/mol. The minimum Gasteiger partial charge on any atom is -0.377 e. The van der Waals surface area contributed by atoms with Crippen LogP contribution in [-0.4, -0.2) is 71.9 Å². The molecule has 0 saturated heterocycles. The summed E-state index contributed by atoms with van der Waals surface area (Å²) in [5, 5.41) is 11.3. The van der Waals surface area contributed by atoms with Crippen LogP contribution in [0.1, 0.15) is 23.6 Å². The maximum absolute atomic E-state index is 12.0. The molecule has 1 atom stereocenters. The third-order valence-electron chi connectivity index (χ3n) is 4.94. The van der Waals surface area contributed by atoms with Crippen LogP contribution in [0.15, 0.2) is 35.3 Å². The van der Waals surface area contributed by atoms with Gasteiger partial charge in [0.1, 0.15) is 19.0 Å². The van der Waals surface area contributed by atoms with E-state index in [4.69, 9.17) is 4.74 Å². The highest BCUT2D eigenvalue weighted by Gasteiger charge is 2.22. The molecule has 0 radical (unpaired) electrons. The Labute approximate surface area is 177 Å². The average Bonchev–Trinajstić information content (AvgIpc) is 3.14. The molecule has 2 N–H and O–H groups in total. The Hall–Kier alpha value is -2.94. The van der Waals surface area contributed by atoms with Gasteiger partial charge in [0.05, 0.1) is 6.54 Å². The third kappa shape index (κ3) is 6.28. The van der Waals surface area contributed by atoms with Gasteiger partial charge in [0.25, 0.3) is 0 Å². The van der Waals surface area contributed by atoms with Crippen molar-refractivity contribution in [1.29, 1.82) is 0 Å². The van der Waals surface area contributed by atoms with Crippen LogP contribution < -0.4 is 10.6 Å². The number of benzene rings is 1. The molecule has 1 aliphatic heterocycles. The maximum Gasteiger partial charge on any atom is 0.243 e. The highest BCUT2D eigenvalue weighted by Crippen LogP contribution is 2.13. The first kappa shape index (κ1) is 21.8. The molecule has 1 amide bonds.